The topological polar surface area (TPSA) is 72.1 Å². The lowest BCUT2D eigenvalue weighted by Gasteiger charge is -2.15. The number of rotatable bonds is 6. The molecule has 1 saturated heterocycles. The first kappa shape index (κ1) is 17.5. The molecule has 1 aliphatic heterocycles. The SMILES string of the molecule is CCO[C@@H]1CN(C(=O)c2oc(COc3ccccc3)cc2C)C[C@H]1O. The molecule has 6 nitrogen and oxygen atoms in total. The maximum Gasteiger partial charge on any atom is 0.290 e. The maximum atomic E-state index is 12.7. The van der Waals surface area contributed by atoms with Gasteiger partial charge in [-0.05, 0) is 32.0 Å². The Bertz CT molecular complexity index is 712. The fourth-order valence-electron chi connectivity index (χ4n) is 2.95. The van der Waals surface area contributed by atoms with Gasteiger partial charge in [0.05, 0.1) is 12.6 Å². The second-order valence-corrected chi connectivity index (χ2v) is 6.10. The van der Waals surface area contributed by atoms with Crippen LogP contribution in [0.2, 0.25) is 0 Å². The van der Waals surface area contributed by atoms with Crippen LogP contribution in [0, 0.1) is 6.92 Å². The molecule has 2 atom stereocenters. The van der Waals surface area contributed by atoms with E-state index in [4.69, 9.17) is 13.9 Å². The number of hydrogen-bond acceptors (Lipinski definition) is 5. The number of hydrogen-bond donors (Lipinski definition) is 1. The van der Waals surface area contributed by atoms with Crippen molar-refractivity contribution >= 4 is 5.91 Å². The molecule has 1 aromatic heterocycles. The van der Waals surface area contributed by atoms with Crippen LogP contribution in [-0.4, -0.2) is 47.8 Å². The maximum absolute atomic E-state index is 12.7. The summed E-state index contributed by atoms with van der Waals surface area (Å²) in [5.74, 6) is 1.39. The van der Waals surface area contributed by atoms with E-state index >= 15 is 0 Å². The van der Waals surface area contributed by atoms with Gasteiger partial charge in [0.1, 0.15) is 24.2 Å². The van der Waals surface area contributed by atoms with E-state index < -0.39 is 6.10 Å². The quantitative estimate of drug-likeness (QED) is 0.870. The van der Waals surface area contributed by atoms with Gasteiger partial charge in [0.2, 0.25) is 0 Å². The van der Waals surface area contributed by atoms with E-state index in [-0.39, 0.29) is 30.9 Å². The number of nitrogens with zero attached hydrogens (tertiary/aromatic N) is 1. The predicted octanol–water partition coefficient (Wildman–Crippen LogP) is 2.39. The van der Waals surface area contributed by atoms with Crippen LogP contribution in [0.25, 0.3) is 0 Å². The van der Waals surface area contributed by atoms with Crippen LogP contribution in [0.1, 0.15) is 28.8 Å². The molecule has 0 radical (unpaired) electrons. The van der Waals surface area contributed by atoms with Gasteiger partial charge >= 0.3 is 0 Å². The lowest BCUT2D eigenvalue weighted by atomic mass is 10.2. The summed E-state index contributed by atoms with van der Waals surface area (Å²) in [5.41, 5.74) is 0.756. The summed E-state index contributed by atoms with van der Waals surface area (Å²) >= 11 is 0. The zero-order chi connectivity index (χ0) is 17.8. The molecule has 3 rings (SSSR count). The van der Waals surface area contributed by atoms with Gasteiger partial charge in [-0.1, -0.05) is 18.2 Å². The molecule has 0 spiro atoms. The molecule has 0 aliphatic carbocycles. The number of β-amino-alcohol motifs (C(OH)–C–C–N with tert-alkyl or cyclic N) is 1. The molecule has 1 aromatic carbocycles. The molecule has 1 N–H and O–H groups in total. The molecule has 1 fully saturated rings. The summed E-state index contributed by atoms with van der Waals surface area (Å²) in [7, 11) is 0. The van der Waals surface area contributed by atoms with Crippen molar-refractivity contribution in [3.63, 3.8) is 0 Å². The lowest BCUT2D eigenvalue weighted by Crippen LogP contribution is -2.30. The molecule has 25 heavy (non-hydrogen) atoms. The van der Waals surface area contributed by atoms with Crippen molar-refractivity contribution in [3.05, 3.63) is 53.5 Å². The van der Waals surface area contributed by atoms with Crippen LogP contribution >= 0.6 is 0 Å². The Kier molecular flexibility index (Phi) is 5.40. The van der Waals surface area contributed by atoms with Crippen LogP contribution in [0.5, 0.6) is 5.75 Å². The third-order valence-electron chi connectivity index (χ3n) is 4.19. The van der Waals surface area contributed by atoms with Crippen molar-refractivity contribution in [2.24, 2.45) is 0 Å². The van der Waals surface area contributed by atoms with E-state index in [0.29, 0.717) is 18.9 Å². The molecule has 0 saturated carbocycles. The van der Waals surface area contributed by atoms with Gasteiger partial charge in [-0.15, -0.1) is 0 Å². The molecular weight excluding hydrogens is 322 g/mol. The third kappa shape index (κ3) is 4.03. The van der Waals surface area contributed by atoms with E-state index in [1.807, 2.05) is 50.2 Å². The molecule has 6 heteroatoms. The zero-order valence-corrected chi connectivity index (χ0v) is 14.5. The largest absolute Gasteiger partial charge is 0.486 e. The summed E-state index contributed by atoms with van der Waals surface area (Å²) < 4.78 is 16.8. The van der Waals surface area contributed by atoms with Gasteiger partial charge in [-0.25, -0.2) is 0 Å². The van der Waals surface area contributed by atoms with E-state index in [9.17, 15) is 9.90 Å². The van der Waals surface area contributed by atoms with Crippen molar-refractivity contribution in [1.29, 1.82) is 0 Å². The van der Waals surface area contributed by atoms with Gasteiger partial charge < -0.3 is 23.9 Å². The summed E-state index contributed by atoms with van der Waals surface area (Å²) in [6, 6.07) is 11.2. The second kappa shape index (κ2) is 7.72. The standard InChI is InChI=1S/C19H23NO5/c1-3-23-17-11-20(10-16(17)21)19(22)18-13(2)9-15(25-18)12-24-14-7-5-4-6-8-14/h4-9,16-17,21H,3,10-12H2,1-2H3/t16-,17-/m1/s1. The number of para-hydroxylation sites is 1. The number of likely N-dealkylation sites (tertiary alicyclic amines) is 1. The Balaban J connectivity index is 1.65. The number of aryl methyl sites for hydroxylation is 1. The highest BCUT2D eigenvalue weighted by Crippen LogP contribution is 2.22. The Morgan fingerprint density at radius 3 is 2.80 bits per heavy atom. The molecule has 0 bridgehead atoms. The average Bonchev–Trinajstić information content (AvgIpc) is 3.17. The number of benzene rings is 1. The molecule has 2 heterocycles. The molecule has 2 aromatic rings. The number of amides is 1. The normalized spacial score (nSPS) is 20.0. The molecule has 0 unspecified atom stereocenters. The van der Waals surface area contributed by atoms with Gasteiger partial charge in [0.15, 0.2) is 5.76 Å². The summed E-state index contributed by atoms with van der Waals surface area (Å²) in [5, 5.41) is 10.0. The smallest absolute Gasteiger partial charge is 0.290 e. The van der Waals surface area contributed by atoms with Crippen LogP contribution in [0.15, 0.2) is 40.8 Å². The van der Waals surface area contributed by atoms with E-state index in [2.05, 4.69) is 0 Å². The molecule has 1 aliphatic rings. The van der Waals surface area contributed by atoms with Crippen molar-refractivity contribution < 1.29 is 23.8 Å². The van der Waals surface area contributed by atoms with Crippen molar-refractivity contribution in [2.45, 2.75) is 32.7 Å². The highest BCUT2D eigenvalue weighted by molar-refractivity contribution is 5.93. The predicted molar refractivity (Wildman–Crippen MR) is 91.5 cm³/mol. The minimum Gasteiger partial charge on any atom is -0.486 e. The lowest BCUT2D eigenvalue weighted by molar-refractivity contribution is -0.00239. The number of carbonyl (C=O) groups is 1. The van der Waals surface area contributed by atoms with Gasteiger partial charge in [0, 0.05) is 18.7 Å². The first-order valence-corrected chi connectivity index (χ1v) is 8.44. The fourth-order valence-corrected chi connectivity index (χ4v) is 2.95. The van der Waals surface area contributed by atoms with E-state index in [1.165, 1.54) is 0 Å². The van der Waals surface area contributed by atoms with Gasteiger partial charge in [0.25, 0.3) is 5.91 Å². The Morgan fingerprint density at radius 1 is 1.32 bits per heavy atom. The van der Waals surface area contributed by atoms with Crippen LogP contribution in [0.3, 0.4) is 0 Å². The minimum absolute atomic E-state index is 0.232. The molecule has 134 valence electrons. The summed E-state index contributed by atoms with van der Waals surface area (Å²) in [6.45, 7) is 5.07. The number of ether oxygens (including phenoxy) is 2. The average molecular weight is 345 g/mol. The highest BCUT2D eigenvalue weighted by atomic mass is 16.5. The van der Waals surface area contributed by atoms with Crippen LogP contribution < -0.4 is 4.74 Å². The Hall–Kier alpha value is -2.31. The Morgan fingerprint density at radius 2 is 2.08 bits per heavy atom. The second-order valence-electron chi connectivity index (χ2n) is 6.10. The van der Waals surface area contributed by atoms with Crippen molar-refractivity contribution in [3.8, 4) is 5.75 Å². The van der Waals surface area contributed by atoms with Crippen LogP contribution in [-0.2, 0) is 11.3 Å². The highest BCUT2D eigenvalue weighted by Gasteiger charge is 2.36. The van der Waals surface area contributed by atoms with Gasteiger partial charge in [-0.2, -0.15) is 0 Å². The fraction of sp³-hybridized carbons (Fsp3) is 0.421. The van der Waals surface area contributed by atoms with Gasteiger partial charge in [-0.3, -0.25) is 4.79 Å². The van der Waals surface area contributed by atoms with E-state index in [1.54, 1.807) is 4.90 Å². The van der Waals surface area contributed by atoms with Crippen molar-refractivity contribution in [1.82, 2.24) is 4.90 Å². The number of aliphatic hydroxyl groups is 1. The Labute approximate surface area is 147 Å². The first-order chi connectivity index (χ1) is 12.1. The van der Waals surface area contributed by atoms with E-state index in [0.717, 1.165) is 11.3 Å². The monoisotopic (exact) mass is 345 g/mol. The van der Waals surface area contributed by atoms with Crippen molar-refractivity contribution in [2.75, 3.05) is 19.7 Å². The van der Waals surface area contributed by atoms with Crippen LogP contribution in [0.4, 0.5) is 0 Å². The molecular formula is C19H23NO5. The minimum atomic E-state index is -0.667. The third-order valence-corrected chi connectivity index (χ3v) is 4.19. The summed E-state index contributed by atoms with van der Waals surface area (Å²) in [6.07, 6.45) is -1.01. The molecule has 1 amide bonds. The summed E-state index contributed by atoms with van der Waals surface area (Å²) in [4.78, 5) is 14.2. The zero-order valence-electron chi connectivity index (χ0n) is 14.5. The number of aliphatic hydroxyl groups excluding tert-OH is 1. The first-order valence-electron chi connectivity index (χ1n) is 8.44. The number of carbonyl (C=O) groups excluding carboxylic acids is 1. The number of furan rings is 1.